The molecule has 4 nitrogen and oxygen atoms in total. The van der Waals surface area contributed by atoms with E-state index in [0.29, 0.717) is 18.2 Å². The number of carbonyl (C=O) groups excluding carboxylic acids is 1. The largest absolute Gasteiger partial charge is 0.475 e. The number of benzene rings is 2. The summed E-state index contributed by atoms with van der Waals surface area (Å²) in [7, 11) is 0. The highest BCUT2D eigenvalue weighted by atomic mass is 79.9. The van der Waals surface area contributed by atoms with Gasteiger partial charge in [-0.15, -0.1) is 0 Å². The van der Waals surface area contributed by atoms with Gasteiger partial charge in [0.2, 0.25) is 6.10 Å². The lowest BCUT2D eigenvalue weighted by Gasteiger charge is -2.23. The van der Waals surface area contributed by atoms with E-state index in [-0.39, 0.29) is 11.9 Å². The van der Waals surface area contributed by atoms with Gasteiger partial charge in [0, 0.05) is 18.2 Å². The number of ether oxygens (including phenoxy) is 1. The molecule has 0 saturated heterocycles. The first-order valence-electron chi connectivity index (χ1n) is 8.15. The van der Waals surface area contributed by atoms with Crippen LogP contribution in [0, 0.1) is 5.92 Å². The SMILES string of the molecule is NCC(NC(=O)C(Oc1ccccc1Br)c1ccccc1)C1CC1. The van der Waals surface area contributed by atoms with Crippen LogP contribution < -0.4 is 15.8 Å². The topological polar surface area (TPSA) is 64.3 Å². The molecule has 2 unspecified atom stereocenters. The summed E-state index contributed by atoms with van der Waals surface area (Å²) >= 11 is 3.47. The van der Waals surface area contributed by atoms with Crippen LogP contribution in [-0.4, -0.2) is 18.5 Å². The maximum Gasteiger partial charge on any atom is 0.266 e. The second-order valence-electron chi connectivity index (χ2n) is 6.03. The molecule has 2 aromatic carbocycles. The molecule has 1 fully saturated rings. The summed E-state index contributed by atoms with van der Waals surface area (Å²) in [6, 6.07) is 17.1. The molecule has 3 N–H and O–H groups in total. The lowest BCUT2D eigenvalue weighted by Crippen LogP contribution is -2.45. The monoisotopic (exact) mass is 388 g/mol. The van der Waals surface area contributed by atoms with Gasteiger partial charge in [0.15, 0.2) is 0 Å². The molecule has 1 saturated carbocycles. The third-order valence-electron chi connectivity index (χ3n) is 4.19. The molecule has 1 aliphatic carbocycles. The Bertz CT molecular complexity index is 689. The van der Waals surface area contributed by atoms with Crippen molar-refractivity contribution in [3.63, 3.8) is 0 Å². The van der Waals surface area contributed by atoms with Gasteiger partial charge in [-0.1, -0.05) is 42.5 Å². The van der Waals surface area contributed by atoms with Crippen LogP contribution >= 0.6 is 15.9 Å². The first-order chi connectivity index (χ1) is 11.7. The molecule has 126 valence electrons. The fraction of sp³-hybridized carbons (Fsp3) is 0.316. The molecule has 0 bridgehead atoms. The number of rotatable bonds is 7. The lowest BCUT2D eigenvalue weighted by molar-refractivity contribution is -0.129. The van der Waals surface area contributed by atoms with Crippen LogP contribution in [0.25, 0.3) is 0 Å². The third kappa shape index (κ3) is 4.16. The summed E-state index contributed by atoms with van der Waals surface area (Å²) in [6.45, 7) is 0.451. The Hall–Kier alpha value is -1.85. The molecule has 5 heteroatoms. The lowest BCUT2D eigenvalue weighted by atomic mass is 10.1. The molecule has 2 atom stereocenters. The predicted octanol–water partition coefficient (Wildman–Crippen LogP) is 3.42. The van der Waals surface area contributed by atoms with Crippen molar-refractivity contribution in [1.29, 1.82) is 0 Å². The van der Waals surface area contributed by atoms with Crippen LogP contribution in [0.4, 0.5) is 0 Å². The fourth-order valence-corrected chi connectivity index (χ4v) is 3.07. The second kappa shape index (κ2) is 7.81. The van der Waals surface area contributed by atoms with Gasteiger partial charge in [0.05, 0.1) is 4.47 Å². The Kier molecular flexibility index (Phi) is 5.53. The normalized spacial score (nSPS) is 16.2. The van der Waals surface area contributed by atoms with E-state index in [2.05, 4.69) is 21.2 Å². The summed E-state index contributed by atoms with van der Waals surface area (Å²) in [4.78, 5) is 12.9. The molecule has 0 aliphatic heterocycles. The predicted molar refractivity (Wildman–Crippen MR) is 97.7 cm³/mol. The summed E-state index contributed by atoms with van der Waals surface area (Å²) < 4.78 is 6.85. The molecular formula is C19H21BrN2O2. The Morgan fingerprint density at radius 1 is 1.17 bits per heavy atom. The van der Waals surface area contributed by atoms with Crippen molar-refractivity contribution in [1.82, 2.24) is 5.32 Å². The van der Waals surface area contributed by atoms with Gasteiger partial charge in [-0.05, 0) is 46.8 Å². The van der Waals surface area contributed by atoms with Gasteiger partial charge in [0.25, 0.3) is 5.91 Å². The molecule has 24 heavy (non-hydrogen) atoms. The van der Waals surface area contributed by atoms with Gasteiger partial charge in [-0.3, -0.25) is 4.79 Å². The number of halogens is 1. The molecule has 1 amide bonds. The molecular weight excluding hydrogens is 368 g/mol. The Morgan fingerprint density at radius 2 is 1.83 bits per heavy atom. The maximum atomic E-state index is 12.9. The zero-order chi connectivity index (χ0) is 16.9. The van der Waals surface area contributed by atoms with E-state index in [1.807, 2.05) is 54.6 Å². The maximum absolute atomic E-state index is 12.9. The minimum absolute atomic E-state index is 0.0199. The van der Waals surface area contributed by atoms with Gasteiger partial charge in [-0.25, -0.2) is 0 Å². The van der Waals surface area contributed by atoms with Gasteiger partial charge in [0.1, 0.15) is 5.75 Å². The molecule has 0 heterocycles. The second-order valence-corrected chi connectivity index (χ2v) is 6.88. The van der Waals surface area contributed by atoms with Gasteiger partial charge in [-0.2, -0.15) is 0 Å². The van der Waals surface area contributed by atoms with Crippen molar-refractivity contribution >= 4 is 21.8 Å². The van der Waals surface area contributed by atoms with Crippen LogP contribution in [0.15, 0.2) is 59.1 Å². The summed E-state index contributed by atoms with van der Waals surface area (Å²) in [5, 5.41) is 3.06. The standard InChI is InChI=1S/C19H21BrN2O2/c20-15-8-4-5-9-17(15)24-18(14-6-2-1-3-7-14)19(23)22-16(12-21)13-10-11-13/h1-9,13,16,18H,10-12,21H2,(H,22,23). The minimum atomic E-state index is -0.710. The molecule has 0 radical (unpaired) electrons. The van der Waals surface area contributed by atoms with Crippen molar-refractivity contribution in [2.75, 3.05) is 6.54 Å². The van der Waals surface area contributed by atoms with E-state index >= 15 is 0 Å². The molecule has 2 aromatic rings. The van der Waals surface area contributed by atoms with E-state index in [0.717, 1.165) is 22.9 Å². The van der Waals surface area contributed by atoms with Crippen molar-refractivity contribution in [2.45, 2.75) is 25.0 Å². The van der Waals surface area contributed by atoms with Gasteiger partial charge >= 0.3 is 0 Å². The van der Waals surface area contributed by atoms with E-state index in [4.69, 9.17) is 10.5 Å². The average Bonchev–Trinajstić information content (AvgIpc) is 3.44. The number of hydrogen-bond acceptors (Lipinski definition) is 3. The van der Waals surface area contributed by atoms with Crippen LogP contribution in [0.3, 0.4) is 0 Å². The number of para-hydroxylation sites is 1. The quantitative estimate of drug-likeness (QED) is 0.763. The van der Waals surface area contributed by atoms with Crippen LogP contribution in [0.2, 0.25) is 0 Å². The highest BCUT2D eigenvalue weighted by molar-refractivity contribution is 9.10. The first-order valence-corrected chi connectivity index (χ1v) is 8.95. The third-order valence-corrected chi connectivity index (χ3v) is 4.85. The van der Waals surface area contributed by atoms with Crippen LogP contribution in [0.1, 0.15) is 24.5 Å². The number of nitrogens with one attached hydrogen (secondary N) is 1. The molecule has 1 aliphatic rings. The van der Waals surface area contributed by atoms with Crippen molar-refractivity contribution in [3.8, 4) is 5.75 Å². The zero-order valence-electron chi connectivity index (χ0n) is 13.3. The Balaban J connectivity index is 1.82. The van der Waals surface area contributed by atoms with Crippen molar-refractivity contribution < 1.29 is 9.53 Å². The summed E-state index contributed by atoms with van der Waals surface area (Å²) in [5.41, 5.74) is 6.63. The highest BCUT2D eigenvalue weighted by Crippen LogP contribution is 2.33. The summed E-state index contributed by atoms with van der Waals surface area (Å²) in [6.07, 6.45) is 1.55. The smallest absolute Gasteiger partial charge is 0.266 e. The van der Waals surface area contributed by atoms with Gasteiger partial charge < -0.3 is 15.8 Å². The Morgan fingerprint density at radius 3 is 2.46 bits per heavy atom. The number of amides is 1. The van der Waals surface area contributed by atoms with E-state index in [9.17, 15) is 4.79 Å². The zero-order valence-corrected chi connectivity index (χ0v) is 14.9. The molecule has 0 aromatic heterocycles. The highest BCUT2D eigenvalue weighted by Gasteiger charge is 2.33. The van der Waals surface area contributed by atoms with Crippen LogP contribution in [0.5, 0.6) is 5.75 Å². The fourth-order valence-electron chi connectivity index (χ4n) is 2.69. The first kappa shape index (κ1) is 17.0. The number of nitrogens with two attached hydrogens (primary N) is 1. The van der Waals surface area contributed by atoms with E-state index in [1.165, 1.54) is 0 Å². The average molecular weight is 389 g/mol. The number of hydrogen-bond donors (Lipinski definition) is 2. The van der Waals surface area contributed by atoms with E-state index in [1.54, 1.807) is 0 Å². The van der Waals surface area contributed by atoms with Crippen molar-refractivity contribution in [3.05, 3.63) is 64.6 Å². The van der Waals surface area contributed by atoms with E-state index < -0.39 is 6.10 Å². The van der Waals surface area contributed by atoms with Crippen LogP contribution in [-0.2, 0) is 4.79 Å². The minimum Gasteiger partial charge on any atom is -0.475 e. The Labute approximate surface area is 150 Å². The van der Waals surface area contributed by atoms with Crippen molar-refractivity contribution in [2.24, 2.45) is 11.7 Å². The molecule has 0 spiro atoms. The summed E-state index contributed by atoms with van der Waals surface area (Å²) in [5.74, 6) is 0.982. The number of carbonyl (C=O) groups is 1. The molecule has 3 rings (SSSR count).